The van der Waals surface area contributed by atoms with Crippen LogP contribution < -0.4 is 0 Å². The lowest BCUT2D eigenvalue weighted by Gasteiger charge is -2.12. The van der Waals surface area contributed by atoms with E-state index < -0.39 is 0 Å². The van der Waals surface area contributed by atoms with E-state index in [1.807, 2.05) is 0 Å². The van der Waals surface area contributed by atoms with Gasteiger partial charge in [0.05, 0.1) is 0 Å². The Balaban J connectivity index is 3.12. The Morgan fingerprint density at radius 2 is 0.960 bits per heavy atom. The van der Waals surface area contributed by atoms with E-state index in [0.29, 0.717) is 5.92 Å². The average molecular weight is 357 g/mol. The molecule has 0 N–H and O–H groups in total. The molecule has 0 spiro atoms. The summed E-state index contributed by atoms with van der Waals surface area (Å²) in [5.41, 5.74) is 0. The van der Waals surface area contributed by atoms with Crippen molar-refractivity contribution in [1.29, 1.82) is 0 Å². The second-order valence-corrected chi connectivity index (χ2v) is 7.82. The topological polar surface area (TPSA) is 18.5 Å². The molecule has 0 heterocycles. The van der Waals surface area contributed by atoms with Gasteiger partial charge in [0.2, 0.25) is 0 Å². The zero-order valence-electron chi connectivity index (χ0n) is 17.8. The Kier molecular flexibility index (Phi) is 21.9. The van der Waals surface area contributed by atoms with Crippen molar-refractivity contribution in [2.24, 2.45) is 5.92 Å². The third kappa shape index (κ3) is 21.9. The molecule has 0 radical (unpaired) electrons. The van der Waals surface area contributed by atoms with Crippen molar-refractivity contribution < 1.29 is 9.47 Å². The first-order valence-electron chi connectivity index (χ1n) is 11.5. The summed E-state index contributed by atoms with van der Waals surface area (Å²) >= 11 is 0. The first-order valence-corrected chi connectivity index (χ1v) is 11.5. The normalized spacial score (nSPS) is 12.6. The van der Waals surface area contributed by atoms with Crippen LogP contribution in [0.4, 0.5) is 0 Å². The van der Waals surface area contributed by atoms with Gasteiger partial charge in [-0.05, 0) is 25.2 Å². The highest BCUT2D eigenvalue weighted by atomic mass is 16.5. The predicted molar refractivity (Wildman–Crippen MR) is 111 cm³/mol. The average Bonchev–Trinajstić information content (AvgIpc) is 2.62. The molecule has 0 aliphatic rings. The minimum Gasteiger partial charge on any atom is -0.381 e. The fourth-order valence-electron chi connectivity index (χ4n) is 3.08. The van der Waals surface area contributed by atoms with Crippen LogP contribution in [-0.4, -0.2) is 26.4 Å². The van der Waals surface area contributed by atoms with E-state index in [0.717, 1.165) is 32.8 Å². The highest BCUT2D eigenvalue weighted by molar-refractivity contribution is 4.52. The summed E-state index contributed by atoms with van der Waals surface area (Å²) in [5.74, 6) is 0.624. The molecule has 0 fully saturated rings. The van der Waals surface area contributed by atoms with Crippen LogP contribution in [0.15, 0.2) is 0 Å². The molecule has 0 bridgehead atoms. The van der Waals surface area contributed by atoms with Crippen LogP contribution in [-0.2, 0) is 9.47 Å². The van der Waals surface area contributed by atoms with Crippen molar-refractivity contribution >= 4 is 0 Å². The highest BCUT2D eigenvalue weighted by Crippen LogP contribution is 2.09. The molecule has 25 heavy (non-hydrogen) atoms. The van der Waals surface area contributed by atoms with Gasteiger partial charge in [0.25, 0.3) is 0 Å². The quantitative estimate of drug-likeness (QED) is 0.198. The number of hydrogen-bond donors (Lipinski definition) is 0. The van der Waals surface area contributed by atoms with Crippen molar-refractivity contribution in [1.82, 2.24) is 0 Å². The van der Waals surface area contributed by atoms with Crippen molar-refractivity contribution in [3.8, 4) is 0 Å². The molecule has 2 nitrogen and oxygen atoms in total. The molecule has 0 saturated heterocycles. The van der Waals surface area contributed by atoms with Crippen LogP contribution in [0.2, 0.25) is 0 Å². The Bertz CT molecular complexity index is 230. The smallest absolute Gasteiger partial charge is 0.0492 e. The second-order valence-electron chi connectivity index (χ2n) is 7.82. The van der Waals surface area contributed by atoms with Crippen molar-refractivity contribution in [2.45, 2.75) is 117 Å². The standard InChI is InChI=1S/C23H48O2/c1-4-6-8-10-12-14-16-19-24-21-18-23(3)22-25-20-17-15-13-11-9-7-5-2/h23H,4-22H2,1-3H3. The molecule has 1 atom stereocenters. The van der Waals surface area contributed by atoms with E-state index in [1.165, 1.54) is 89.9 Å². The second kappa shape index (κ2) is 22.0. The number of rotatable bonds is 21. The summed E-state index contributed by atoms with van der Waals surface area (Å²) in [5, 5.41) is 0. The molecule has 0 amide bonds. The van der Waals surface area contributed by atoms with Crippen LogP contribution in [0.1, 0.15) is 117 Å². The summed E-state index contributed by atoms with van der Waals surface area (Å²) in [6, 6.07) is 0. The Hall–Kier alpha value is -0.0800. The van der Waals surface area contributed by atoms with Crippen molar-refractivity contribution in [2.75, 3.05) is 26.4 Å². The van der Waals surface area contributed by atoms with E-state index in [-0.39, 0.29) is 0 Å². The minimum atomic E-state index is 0.624. The first-order chi connectivity index (χ1) is 12.3. The first kappa shape index (κ1) is 24.9. The monoisotopic (exact) mass is 356 g/mol. The van der Waals surface area contributed by atoms with E-state index in [2.05, 4.69) is 20.8 Å². The lowest BCUT2D eigenvalue weighted by molar-refractivity contribution is 0.0727. The molecule has 0 aromatic carbocycles. The molecular weight excluding hydrogens is 308 g/mol. The van der Waals surface area contributed by atoms with Gasteiger partial charge in [-0.3, -0.25) is 0 Å². The van der Waals surface area contributed by atoms with Crippen LogP contribution in [0.25, 0.3) is 0 Å². The highest BCUT2D eigenvalue weighted by Gasteiger charge is 2.02. The Labute approximate surface area is 159 Å². The summed E-state index contributed by atoms with van der Waals surface area (Å²) < 4.78 is 11.6. The molecule has 0 aromatic rings. The molecule has 0 aliphatic heterocycles. The van der Waals surface area contributed by atoms with E-state index in [9.17, 15) is 0 Å². The third-order valence-electron chi connectivity index (χ3n) is 4.94. The van der Waals surface area contributed by atoms with Gasteiger partial charge < -0.3 is 9.47 Å². The van der Waals surface area contributed by atoms with Gasteiger partial charge in [-0.15, -0.1) is 0 Å². The molecule has 0 rings (SSSR count). The zero-order valence-corrected chi connectivity index (χ0v) is 17.8. The van der Waals surface area contributed by atoms with Gasteiger partial charge in [-0.25, -0.2) is 0 Å². The van der Waals surface area contributed by atoms with Gasteiger partial charge in [-0.1, -0.05) is 97.8 Å². The van der Waals surface area contributed by atoms with Crippen LogP contribution >= 0.6 is 0 Å². The summed E-state index contributed by atoms with van der Waals surface area (Å²) in [4.78, 5) is 0. The minimum absolute atomic E-state index is 0.624. The van der Waals surface area contributed by atoms with Gasteiger partial charge >= 0.3 is 0 Å². The van der Waals surface area contributed by atoms with Crippen LogP contribution in [0.3, 0.4) is 0 Å². The fourth-order valence-corrected chi connectivity index (χ4v) is 3.08. The number of ether oxygens (including phenoxy) is 2. The molecule has 1 unspecified atom stereocenters. The molecule has 0 saturated carbocycles. The van der Waals surface area contributed by atoms with Crippen molar-refractivity contribution in [3.63, 3.8) is 0 Å². The molecule has 0 aliphatic carbocycles. The van der Waals surface area contributed by atoms with E-state index >= 15 is 0 Å². The maximum Gasteiger partial charge on any atom is 0.0492 e. The lowest BCUT2D eigenvalue weighted by atomic mass is 10.1. The van der Waals surface area contributed by atoms with Crippen LogP contribution in [0, 0.1) is 5.92 Å². The largest absolute Gasteiger partial charge is 0.381 e. The predicted octanol–water partition coefficient (Wildman–Crippen LogP) is 7.55. The summed E-state index contributed by atoms with van der Waals surface area (Å²) in [6.45, 7) is 10.5. The van der Waals surface area contributed by atoms with E-state index in [4.69, 9.17) is 9.47 Å². The molecular formula is C23H48O2. The third-order valence-corrected chi connectivity index (χ3v) is 4.94. The Morgan fingerprint density at radius 3 is 1.48 bits per heavy atom. The lowest BCUT2D eigenvalue weighted by Crippen LogP contribution is -2.10. The Morgan fingerprint density at radius 1 is 0.520 bits per heavy atom. The fraction of sp³-hybridized carbons (Fsp3) is 1.00. The van der Waals surface area contributed by atoms with Gasteiger partial charge in [-0.2, -0.15) is 0 Å². The van der Waals surface area contributed by atoms with Gasteiger partial charge in [0, 0.05) is 26.4 Å². The molecule has 2 heteroatoms. The van der Waals surface area contributed by atoms with E-state index in [1.54, 1.807) is 0 Å². The molecule has 152 valence electrons. The summed E-state index contributed by atoms with van der Waals surface area (Å²) in [7, 11) is 0. The maximum absolute atomic E-state index is 5.81. The van der Waals surface area contributed by atoms with Crippen LogP contribution in [0.5, 0.6) is 0 Å². The SMILES string of the molecule is CCCCCCCCCOCCC(C)COCCCCCCCCC. The number of hydrogen-bond acceptors (Lipinski definition) is 2. The van der Waals surface area contributed by atoms with Gasteiger partial charge in [0.15, 0.2) is 0 Å². The zero-order chi connectivity index (χ0) is 18.4. The number of unbranched alkanes of at least 4 members (excludes halogenated alkanes) is 12. The maximum atomic E-state index is 5.81. The summed E-state index contributed by atoms with van der Waals surface area (Å²) in [6.07, 6.45) is 20.1. The van der Waals surface area contributed by atoms with Gasteiger partial charge in [0.1, 0.15) is 0 Å². The molecule has 0 aromatic heterocycles. The van der Waals surface area contributed by atoms with Crippen molar-refractivity contribution in [3.05, 3.63) is 0 Å².